The Kier molecular flexibility index (Phi) is 6.42. The second-order valence-corrected chi connectivity index (χ2v) is 9.23. The Morgan fingerprint density at radius 1 is 1.17 bits per heavy atom. The van der Waals surface area contributed by atoms with E-state index < -0.39 is 17.9 Å². The number of aromatic nitrogens is 4. The Bertz CT molecular complexity index is 1270. The van der Waals surface area contributed by atoms with Crippen molar-refractivity contribution in [1.29, 1.82) is 0 Å². The van der Waals surface area contributed by atoms with Crippen LogP contribution in [0.1, 0.15) is 50.4 Å². The zero-order valence-electron chi connectivity index (χ0n) is 20.0. The molecule has 5 rings (SSSR count). The summed E-state index contributed by atoms with van der Waals surface area (Å²) in [5.74, 6) is 0.228. The molecule has 0 unspecified atom stereocenters. The van der Waals surface area contributed by atoms with Gasteiger partial charge in [0.05, 0.1) is 17.9 Å². The molecule has 0 spiro atoms. The molecule has 3 aromatic rings. The fourth-order valence-electron chi connectivity index (χ4n) is 5.02. The highest BCUT2D eigenvalue weighted by Crippen LogP contribution is 2.44. The molecule has 1 atom stereocenters. The minimum Gasteiger partial charge on any atom is -0.423 e. The van der Waals surface area contributed by atoms with Crippen LogP contribution in [0.25, 0.3) is 11.1 Å². The lowest BCUT2D eigenvalue weighted by Crippen LogP contribution is -2.40. The van der Waals surface area contributed by atoms with Gasteiger partial charge in [-0.2, -0.15) is 23.3 Å². The number of carbonyl (C=O) groups is 1. The van der Waals surface area contributed by atoms with Crippen molar-refractivity contribution >= 4 is 11.6 Å². The van der Waals surface area contributed by atoms with Crippen molar-refractivity contribution in [1.82, 2.24) is 25.1 Å². The van der Waals surface area contributed by atoms with Crippen LogP contribution in [0.3, 0.4) is 0 Å². The molecule has 1 fully saturated rings. The van der Waals surface area contributed by atoms with Gasteiger partial charge in [0.15, 0.2) is 5.69 Å². The number of nitrogens with one attached hydrogen (secondary N) is 1. The van der Waals surface area contributed by atoms with Crippen LogP contribution >= 0.6 is 0 Å². The van der Waals surface area contributed by atoms with Gasteiger partial charge in [-0.3, -0.25) is 9.48 Å². The standard InChI is InChI=1S/C25H27F3N6O2/c1-15-3-4-20-21(34(15)16(2)35)6-5-19(17-13-31-33(14-17)18-7-10-29-11-8-18)23(20)36-24-30-12-9-22(32-24)25(26,27)28/h5-6,9,12-15,18,29H,3-4,7-8,10-11H2,1-2H3/t15-/m0/s1. The first-order valence-electron chi connectivity index (χ1n) is 12.0. The Balaban J connectivity index is 1.60. The molecule has 0 saturated carbocycles. The minimum atomic E-state index is -4.63. The van der Waals surface area contributed by atoms with Crippen LogP contribution in [-0.4, -0.2) is 44.8 Å². The van der Waals surface area contributed by atoms with Crippen molar-refractivity contribution in [3.8, 4) is 22.9 Å². The van der Waals surface area contributed by atoms with Crippen molar-refractivity contribution in [2.75, 3.05) is 18.0 Å². The Labute approximate surface area is 206 Å². The third-order valence-electron chi connectivity index (χ3n) is 6.80. The maximum absolute atomic E-state index is 13.3. The predicted octanol–water partition coefficient (Wildman–Crippen LogP) is 4.76. The molecule has 1 amide bonds. The number of anilines is 1. The Hall–Kier alpha value is -3.47. The van der Waals surface area contributed by atoms with Gasteiger partial charge in [0, 0.05) is 42.0 Å². The van der Waals surface area contributed by atoms with Crippen LogP contribution in [0.15, 0.2) is 36.8 Å². The number of fused-ring (bicyclic) bond motifs is 1. The molecular weight excluding hydrogens is 473 g/mol. The number of benzene rings is 1. The summed E-state index contributed by atoms with van der Waals surface area (Å²) in [4.78, 5) is 21.7. The quantitative estimate of drug-likeness (QED) is 0.556. The first-order valence-corrected chi connectivity index (χ1v) is 12.0. The largest absolute Gasteiger partial charge is 0.433 e. The molecule has 190 valence electrons. The van der Waals surface area contributed by atoms with Crippen LogP contribution in [-0.2, 0) is 17.4 Å². The van der Waals surface area contributed by atoms with E-state index in [1.807, 2.05) is 29.9 Å². The molecule has 0 bridgehead atoms. The van der Waals surface area contributed by atoms with Gasteiger partial charge in [0.2, 0.25) is 5.91 Å². The number of halogens is 3. The zero-order valence-corrected chi connectivity index (χ0v) is 20.0. The number of ether oxygens (including phenoxy) is 1. The highest BCUT2D eigenvalue weighted by molar-refractivity contribution is 5.95. The number of amides is 1. The maximum atomic E-state index is 13.3. The van der Waals surface area contributed by atoms with Crippen LogP contribution in [0.4, 0.5) is 18.9 Å². The smallest absolute Gasteiger partial charge is 0.423 e. The number of piperidine rings is 1. The molecule has 11 heteroatoms. The molecule has 1 saturated heterocycles. The average Bonchev–Trinajstić information content (AvgIpc) is 3.34. The lowest BCUT2D eigenvalue weighted by atomic mass is 9.92. The Morgan fingerprint density at radius 2 is 1.94 bits per heavy atom. The number of alkyl halides is 3. The van der Waals surface area contributed by atoms with E-state index in [9.17, 15) is 18.0 Å². The zero-order chi connectivity index (χ0) is 25.4. The van der Waals surface area contributed by atoms with Crippen molar-refractivity contribution in [2.24, 2.45) is 0 Å². The molecular formula is C25H27F3N6O2. The number of rotatable bonds is 4. The van der Waals surface area contributed by atoms with Crippen LogP contribution < -0.4 is 15.0 Å². The fourth-order valence-corrected chi connectivity index (χ4v) is 5.02. The number of nitrogens with zero attached hydrogens (tertiary/aromatic N) is 5. The normalized spacial score (nSPS) is 18.7. The summed E-state index contributed by atoms with van der Waals surface area (Å²) in [7, 11) is 0. The first-order chi connectivity index (χ1) is 17.2. The summed E-state index contributed by atoms with van der Waals surface area (Å²) in [6.45, 7) is 5.30. The molecule has 36 heavy (non-hydrogen) atoms. The lowest BCUT2D eigenvalue weighted by molar-refractivity contribution is -0.141. The van der Waals surface area contributed by atoms with E-state index >= 15 is 0 Å². The second-order valence-electron chi connectivity index (χ2n) is 9.23. The van der Waals surface area contributed by atoms with E-state index in [0.29, 0.717) is 29.8 Å². The third kappa shape index (κ3) is 4.67. The van der Waals surface area contributed by atoms with Gasteiger partial charge in [0.1, 0.15) is 5.75 Å². The van der Waals surface area contributed by atoms with Gasteiger partial charge in [-0.05, 0) is 63.9 Å². The van der Waals surface area contributed by atoms with E-state index in [1.165, 1.54) is 6.92 Å². The van der Waals surface area contributed by atoms with E-state index in [0.717, 1.165) is 49.3 Å². The van der Waals surface area contributed by atoms with E-state index in [1.54, 1.807) is 11.1 Å². The van der Waals surface area contributed by atoms with Crippen molar-refractivity contribution in [3.05, 3.63) is 48.0 Å². The Morgan fingerprint density at radius 3 is 2.67 bits per heavy atom. The van der Waals surface area contributed by atoms with Gasteiger partial charge in [-0.25, -0.2) is 4.98 Å². The van der Waals surface area contributed by atoms with Gasteiger partial charge >= 0.3 is 12.2 Å². The van der Waals surface area contributed by atoms with Gasteiger partial charge in [-0.1, -0.05) is 0 Å². The fraction of sp³-hybridized carbons (Fsp3) is 0.440. The summed E-state index contributed by atoms with van der Waals surface area (Å²) in [5, 5.41) is 7.91. The molecule has 1 N–H and O–H groups in total. The van der Waals surface area contributed by atoms with E-state index in [2.05, 4.69) is 20.4 Å². The summed E-state index contributed by atoms with van der Waals surface area (Å²) >= 11 is 0. The van der Waals surface area contributed by atoms with Gasteiger partial charge < -0.3 is 15.0 Å². The average molecular weight is 501 g/mol. The molecule has 4 heterocycles. The predicted molar refractivity (Wildman–Crippen MR) is 127 cm³/mol. The minimum absolute atomic E-state index is 0.0128. The molecule has 2 aliphatic heterocycles. The van der Waals surface area contributed by atoms with E-state index in [4.69, 9.17) is 4.74 Å². The summed E-state index contributed by atoms with van der Waals surface area (Å²) in [5.41, 5.74) is 1.75. The molecule has 8 nitrogen and oxygen atoms in total. The monoisotopic (exact) mass is 500 g/mol. The topological polar surface area (TPSA) is 85.2 Å². The SMILES string of the molecule is CC(=O)N1c2ccc(-c3cnn(C4CCNCC4)c3)c(Oc3nccc(C(F)(F)F)n3)c2CC[C@@H]1C. The molecule has 2 aromatic heterocycles. The first kappa shape index (κ1) is 24.2. The number of hydrogen-bond acceptors (Lipinski definition) is 6. The van der Waals surface area contributed by atoms with Gasteiger partial charge in [0.25, 0.3) is 0 Å². The highest BCUT2D eigenvalue weighted by atomic mass is 19.4. The number of carbonyl (C=O) groups excluding carboxylic acids is 1. The summed E-state index contributed by atoms with van der Waals surface area (Å²) < 4.78 is 47.8. The molecule has 2 aliphatic rings. The van der Waals surface area contributed by atoms with Gasteiger partial charge in [-0.15, -0.1) is 0 Å². The number of hydrogen-bond donors (Lipinski definition) is 1. The van der Waals surface area contributed by atoms with Crippen molar-refractivity contribution in [2.45, 2.75) is 57.8 Å². The maximum Gasteiger partial charge on any atom is 0.433 e. The van der Waals surface area contributed by atoms with Crippen LogP contribution in [0.2, 0.25) is 0 Å². The highest BCUT2D eigenvalue weighted by Gasteiger charge is 2.34. The van der Waals surface area contributed by atoms with Crippen molar-refractivity contribution < 1.29 is 22.7 Å². The molecule has 0 aliphatic carbocycles. The second kappa shape index (κ2) is 9.53. The van der Waals surface area contributed by atoms with E-state index in [-0.39, 0.29) is 18.0 Å². The summed E-state index contributed by atoms with van der Waals surface area (Å²) in [6.07, 6.45) is 3.26. The third-order valence-corrected chi connectivity index (χ3v) is 6.80. The molecule has 0 radical (unpaired) electrons. The van der Waals surface area contributed by atoms with Crippen LogP contribution in [0.5, 0.6) is 11.8 Å². The lowest BCUT2D eigenvalue weighted by Gasteiger charge is -2.35. The molecule has 1 aromatic carbocycles. The van der Waals surface area contributed by atoms with Crippen molar-refractivity contribution in [3.63, 3.8) is 0 Å². The summed E-state index contributed by atoms with van der Waals surface area (Å²) in [6, 6.07) is 4.33. The van der Waals surface area contributed by atoms with Crippen LogP contribution in [0, 0.1) is 0 Å².